The maximum atomic E-state index is 11.9. The second-order valence-corrected chi connectivity index (χ2v) is 6.16. The largest absolute Gasteiger partial charge is 0.493 e. The standard InChI is InChI=1S/C17H18INO2/c1-12-3-6-15(7-4-12)21-10-9-17(20)19-16-8-5-14(18)11-13(16)2/h3-8,11H,9-10H2,1-2H3,(H,19,20). The highest BCUT2D eigenvalue weighted by Gasteiger charge is 2.05. The summed E-state index contributed by atoms with van der Waals surface area (Å²) in [7, 11) is 0. The Morgan fingerprint density at radius 1 is 1.14 bits per heavy atom. The summed E-state index contributed by atoms with van der Waals surface area (Å²) in [6, 6.07) is 13.8. The lowest BCUT2D eigenvalue weighted by Crippen LogP contribution is -2.15. The smallest absolute Gasteiger partial charge is 0.227 e. The molecule has 0 unspecified atom stereocenters. The molecule has 2 aromatic rings. The van der Waals surface area contributed by atoms with Gasteiger partial charge < -0.3 is 10.1 Å². The third-order valence-corrected chi connectivity index (χ3v) is 3.75. The van der Waals surface area contributed by atoms with Crippen LogP contribution >= 0.6 is 22.6 Å². The van der Waals surface area contributed by atoms with Crippen LogP contribution < -0.4 is 10.1 Å². The van der Waals surface area contributed by atoms with Gasteiger partial charge in [-0.1, -0.05) is 17.7 Å². The molecule has 0 aromatic heterocycles. The fraction of sp³-hybridized carbons (Fsp3) is 0.235. The molecule has 0 aliphatic heterocycles. The van der Waals surface area contributed by atoms with E-state index in [1.165, 1.54) is 5.56 Å². The minimum atomic E-state index is -0.0357. The molecule has 0 spiro atoms. The Morgan fingerprint density at radius 3 is 2.52 bits per heavy atom. The second kappa shape index (κ2) is 7.45. The number of carbonyl (C=O) groups excluding carboxylic acids is 1. The van der Waals surface area contributed by atoms with Gasteiger partial charge in [0.1, 0.15) is 5.75 Å². The van der Waals surface area contributed by atoms with Crippen LogP contribution in [0.1, 0.15) is 17.5 Å². The number of hydrogen-bond acceptors (Lipinski definition) is 2. The zero-order chi connectivity index (χ0) is 15.2. The Balaban J connectivity index is 1.81. The van der Waals surface area contributed by atoms with Gasteiger partial charge in [0.05, 0.1) is 13.0 Å². The van der Waals surface area contributed by atoms with E-state index in [9.17, 15) is 4.79 Å². The molecule has 0 bridgehead atoms. The minimum absolute atomic E-state index is 0.0357. The number of carbonyl (C=O) groups is 1. The molecule has 21 heavy (non-hydrogen) atoms. The van der Waals surface area contributed by atoms with Crippen molar-refractivity contribution in [2.24, 2.45) is 0 Å². The van der Waals surface area contributed by atoms with Gasteiger partial charge in [-0.3, -0.25) is 4.79 Å². The van der Waals surface area contributed by atoms with E-state index in [0.29, 0.717) is 13.0 Å². The van der Waals surface area contributed by atoms with Gasteiger partial charge in [0.25, 0.3) is 0 Å². The van der Waals surface area contributed by atoms with E-state index in [1.54, 1.807) is 0 Å². The molecule has 3 nitrogen and oxygen atoms in total. The van der Waals surface area contributed by atoms with E-state index in [0.717, 1.165) is 20.6 Å². The molecule has 2 rings (SSSR count). The van der Waals surface area contributed by atoms with Crippen molar-refractivity contribution in [2.75, 3.05) is 11.9 Å². The van der Waals surface area contributed by atoms with E-state index < -0.39 is 0 Å². The van der Waals surface area contributed by atoms with Crippen molar-refractivity contribution in [3.05, 3.63) is 57.2 Å². The number of nitrogens with one attached hydrogen (secondary N) is 1. The molecule has 1 amide bonds. The molecule has 0 fully saturated rings. The van der Waals surface area contributed by atoms with Gasteiger partial charge in [0, 0.05) is 9.26 Å². The Morgan fingerprint density at radius 2 is 1.86 bits per heavy atom. The molecular formula is C17H18INO2. The Kier molecular flexibility index (Phi) is 5.61. The van der Waals surface area contributed by atoms with E-state index in [4.69, 9.17) is 4.74 Å². The molecule has 0 aliphatic carbocycles. The summed E-state index contributed by atoms with van der Waals surface area (Å²) >= 11 is 2.25. The molecule has 0 saturated carbocycles. The summed E-state index contributed by atoms with van der Waals surface area (Å²) in [4.78, 5) is 11.9. The van der Waals surface area contributed by atoms with Crippen LogP contribution in [-0.2, 0) is 4.79 Å². The number of amides is 1. The predicted molar refractivity (Wildman–Crippen MR) is 93.8 cm³/mol. The first kappa shape index (κ1) is 15.8. The normalized spacial score (nSPS) is 10.2. The average Bonchev–Trinajstić information content (AvgIpc) is 2.44. The van der Waals surface area contributed by atoms with Crippen molar-refractivity contribution in [1.29, 1.82) is 0 Å². The quantitative estimate of drug-likeness (QED) is 0.767. The van der Waals surface area contributed by atoms with E-state index >= 15 is 0 Å². The van der Waals surface area contributed by atoms with Gasteiger partial charge in [-0.2, -0.15) is 0 Å². The first-order chi connectivity index (χ1) is 10.0. The number of ether oxygens (including phenoxy) is 1. The topological polar surface area (TPSA) is 38.3 Å². The third kappa shape index (κ3) is 5.04. The third-order valence-electron chi connectivity index (χ3n) is 3.08. The first-order valence-electron chi connectivity index (χ1n) is 6.80. The fourth-order valence-electron chi connectivity index (χ4n) is 1.88. The van der Waals surface area contributed by atoms with Gasteiger partial charge in [-0.05, 0) is 72.3 Å². The van der Waals surface area contributed by atoms with Crippen molar-refractivity contribution < 1.29 is 9.53 Å². The predicted octanol–water partition coefficient (Wildman–Crippen LogP) is 4.32. The molecule has 0 aliphatic rings. The zero-order valence-electron chi connectivity index (χ0n) is 12.2. The highest BCUT2D eigenvalue weighted by molar-refractivity contribution is 14.1. The van der Waals surface area contributed by atoms with Gasteiger partial charge in [0.15, 0.2) is 0 Å². The number of rotatable bonds is 5. The van der Waals surface area contributed by atoms with Crippen LogP contribution in [0, 0.1) is 17.4 Å². The second-order valence-electron chi connectivity index (χ2n) is 4.92. The molecule has 0 heterocycles. The van der Waals surface area contributed by atoms with Gasteiger partial charge >= 0.3 is 0 Å². The fourth-order valence-corrected chi connectivity index (χ4v) is 2.52. The van der Waals surface area contributed by atoms with Gasteiger partial charge in [-0.15, -0.1) is 0 Å². The molecule has 0 radical (unpaired) electrons. The molecule has 0 saturated heterocycles. The van der Waals surface area contributed by atoms with E-state index in [-0.39, 0.29) is 5.91 Å². The zero-order valence-corrected chi connectivity index (χ0v) is 14.3. The summed E-state index contributed by atoms with van der Waals surface area (Å²) in [5, 5.41) is 2.91. The Labute approximate surface area is 138 Å². The maximum absolute atomic E-state index is 11.9. The highest BCUT2D eigenvalue weighted by atomic mass is 127. The van der Waals surface area contributed by atoms with Crippen molar-refractivity contribution in [3.63, 3.8) is 0 Å². The highest BCUT2D eigenvalue weighted by Crippen LogP contribution is 2.18. The van der Waals surface area contributed by atoms with E-state index in [2.05, 4.69) is 27.9 Å². The maximum Gasteiger partial charge on any atom is 0.227 e. The van der Waals surface area contributed by atoms with E-state index in [1.807, 2.05) is 56.3 Å². The van der Waals surface area contributed by atoms with Crippen molar-refractivity contribution in [1.82, 2.24) is 0 Å². The molecular weight excluding hydrogens is 377 g/mol. The number of hydrogen-bond donors (Lipinski definition) is 1. The van der Waals surface area contributed by atoms with Crippen LogP contribution in [0.15, 0.2) is 42.5 Å². The van der Waals surface area contributed by atoms with Crippen LogP contribution in [-0.4, -0.2) is 12.5 Å². The lowest BCUT2D eigenvalue weighted by molar-refractivity contribution is -0.116. The van der Waals surface area contributed by atoms with Crippen LogP contribution in [0.4, 0.5) is 5.69 Å². The van der Waals surface area contributed by atoms with Crippen molar-refractivity contribution in [2.45, 2.75) is 20.3 Å². The number of halogens is 1. The SMILES string of the molecule is Cc1ccc(OCCC(=O)Nc2ccc(I)cc2C)cc1. The summed E-state index contributed by atoms with van der Waals surface area (Å²) < 4.78 is 6.71. The monoisotopic (exact) mass is 395 g/mol. The minimum Gasteiger partial charge on any atom is -0.493 e. The van der Waals surface area contributed by atoms with Crippen LogP contribution in [0.2, 0.25) is 0 Å². The molecule has 0 atom stereocenters. The number of aryl methyl sites for hydroxylation is 2. The van der Waals surface area contributed by atoms with Crippen LogP contribution in [0.5, 0.6) is 5.75 Å². The summed E-state index contributed by atoms with van der Waals surface area (Å²) in [5.41, 5.74) is 3.11. The van der Waals surface area contributed by atoms with Gasteiger partial charge in [-0.25, -0.2) is 0 Å². The first-order valence-corrected chi connectivity index (χ1v) is 7.88. The summed E-state index contributed by atoms with van der Waals surface area (Å²) in [6.45, 7) is 4.39. The van der Waals surface area contributed by atoms with Crippen LogP contribution in [0.25, 0.3) is 0 Å². The summed E-state index contributed by atoms with van der Waals surface area (Å²) in [5.74, 6) is 0.755. The van der Waals surface area contributed by atoms with Crippen molar-refractivity contribution in [3.8, 4) is 5.75 Å². The molecule has 110 valence electrons. The van der Waals surface area contributed by atoms with Crippen molar-refractivity contribution >= 4 is 34.2 Å². The Hall–Kier alpha value is -1.56. The average molecular weight is 395 g/mol. The Bertz CT molecular complexity index is 623. The number of benzene rings is 2. The molecule has 4 heteroatoms. The van der Waals surface area contributed by atoms with Crippen LogP contribution in [0.3, 0.4) is 0 Å². The lowest BCUT2D eigenvalue weighted by atomic mass is 10.2. The van der Waals surface area contributed by atoms with Gasteiger partial charge in [0.2, 0.25) is 5.91 Å². The molecule has 2 aromatic carbocycles. The number of anilines is 1. The molecule has 1 N–H and O–H groups in total. The lowest BCUT2D eigenvalue weighted by Gasteiger charge is -2.10. The summed E-state index contributed by atoms with van der Waals surface area (Å²) in [6.07, 6.45) is 0.333.